The fraction of sp³-hybridized carbons (Fsp3) is 0.500. The number of thioether (sulfide) groups is 1. The molecule has 5 heteroatoms. The highest BCUT2D eigenvalue weighted by atomic mass is 32.2. The Morgan fingerprint density at radius 1 is 1.53 bits per heavy atom. The average molecular weight is 278 g/mol. The van der Waals surface area contributed by atoms with Gasteiger partial charge in [0, 0.05) is 29.5 Å². The molecular formula is C14H18N2O2S. The van der Waals surface area contributed by atoms with Crippen LogP contribution >= 0.6 is 11.8 Å². The van der Waals surface area contributed by atoms with E-state index in [4.69, 9.17) is 10.5 Å². The van der Waals surface area contributed by atoms with E-state index in [1.54, 1.807) is 11.8 Å². The molecule has 2 aliphatic heterocycles. The first-order valence-corrected chi connectivity index (χ1v) is 7.60. The first kappa shape index (κ1) is 12.8. The smallest absolute Gasteiger partial charge is 0.256 e. The molecule has 1 aromatic rings. The molecule has 2 heterocycles. The van der Waals surface area contributed by atoms with Gasteiger partial charge in [0.05, 0.1) is 5.69 Å². The summed E-state index contributed by atoms with van der Waals surface area (Å²) in [6.07, 6.45) is 0.667. The van der Waals surface area contributed by atoms with E-state index in [0.717, 1.165) is 29.3 Å². The summed E-state index contributed by atoms with van der Waals surface area (Å²) < 4.78 is 5.60. The van der Waals surface area contributed by atoms with Crippen LogP contribution in [0.3, 0.4) is 0 Å². The van der Waals surface area contributed by atoms with Gasteiger partial charge < -0.3 is 15.4 Å². The minimum atomic E-state index is -0.294. The third-order valence-electron chi connectivity index (χ3n) is 3.74. The number of carbonyl (C=O) groups excluding carboxylic acids is 1. The molecule has 1 fully saturated rings. The number of rotatable bonds is 1. The van der Waals surface area contributed by atoms with E-state index in [1.165, 1.54) is 0 Å². The molecule has 0 radical (unpaired) electrons. The summed E-state index contributed by atoms with van der Waals surface area (Å²) in [5.74, 6) is 1.30. The molecule has 0 aromatic heterocycles. The van der Waals surface area contributed by atoms with Gasteiger partial charge in [0.25, 0.3) is 5.91 Å². The molecule has 2 unspecified atom stereocenters. The molecule has 4 nitrogen and oxygen atoms in total. The SMILES string of the molecule is CC1CCOC1C(=O)N1CCSc2ccc(N)cc21. The molecule has 1 aromatic carbocycles. The minimum absolute atomic E-state index is 0.0807. The van der Waals surface area contributed by atoms with Crippen molar-refractivity contribution in [2.24, 2.45) is 5.92 Å². The molecule has 2 aliphatic rings. The Morgan fingerprint density at radius 3 is 3.11 bits per heavy atom. The van der Waals surface area contributed by atoms with E-state index in [2.05, 4.69) is 6.92 Å². The second kappa shape index (κ2) is 5.06. The maximum atomic E-state index is 12.6. The quantitative estimate of drug-likeness (QED) is 0.800. The standard InChI is InChI=1S/C14H18N2O2S/c1-9-4-6-18-13(9)14(17)16-5-7-19-12-3-2-10(15)8-11(12)16/h2-3,8-9,13H,4-7,15H2,1H3. The monoisotopic (exact) mass is 278 g/mol. The van der Waals surface area contributed by atoms with Crippen LogP contribution in [0.25, 0.3) is 0 Å². The van der Waals surface area contributed by atoms with E-state index in [-0.39, 0.29) is 12.0 Å². The molecule has 0 bridgehead atoms. The molecule has 19 heavy (non-hydrogen) atoms. The topological polar surface area (TPSA) is 55.6 Å². The highest BCUT2D eigenvalue weighted by Crippen LogP contribution is 2.37. The van der Waals surface area contributed by atoms with Gasteiger partial charge in [-0.3, -0.25) is 4.79 Å². The highest BCUT2D eigenvalue weighted by Gasteiger charge is 2.36. The maximum absolute atomic E-state index is 12.6. The summed E-state index contributed by atoms with van der Waals surface area (Å²) in [5.41, 5.74) is 7.47. The molecule has 0 spiro atoms. The Morgan fingerprint density at radius 2 is 2.37 bits per heavy atom. The summed E-state index contributed by atoms with van der Waals surface area (Å²) in [5, 5.41) is 0. The van der Waals surface area contributed by atoms with Crippen molar-refractivity contribution in [1.29, 1.82) is 0 Å². The first-order chi connectivity index (χ1) is 9.16. The van der Waals surface area contributed by atoms with Gasteiger partial charge >= 0.3 is 0 Å². The van der Waals surface area contributed by atoms with E-state index < -0.39 is 0 Å². The summed E-state index contributed by atoms with van der Waals surface area (Å²) in [7, 11) is 0. The first-order valence-electron chi connectivity index (χ1n) is 6.62. The maximum Gasteiger partial charge on any atom is 0.256 e. The van der Waals surface area contributed by atoms with Crippen LogP contribution in [-0.4, -0.2) is 30.9 Å². The predicted octanol–water partition coefficient (Wildman–Crippen LogP) is 2.13. The zero-order chi connectivity index (χ0) is 13.4. The van der Waals surface area contributed by atoms with E-state index in [1.807, 2.05) is 23.1 Å². The number of nitrogens with zero attached hydrogens (tertiary/aromatic N) is 1. The van der Waals surface area contributed by atoms with Gasteiger partial charge in [-0.05, 0) is 30.5 Å². The third-order valence-corrected chi connectivity index (χ3v) is 4.79. The lowest BCUT2D eigenvalue weighted by molar-refractivity contribution is -0.128. The number of benzene rings is 1. The van der Waals surface area contributed by atoms with Crippen LogP contribution in [0.1, 0.15) is 13.3 Å². The van der Waals surface area contributed by atoms with Crippen molar-refractivity contribution in [2.75, 3.05) is 29.5 Å². The Hall–Kier alpha value is -1.20. The number of hydrogen-bond donors (Lipinski definition) is 1. The van der Waals surface area contributed by atoms with Gasteiger partial charge in [-0.2, -0.15) is 0 Å². The lowest BCUT2D eigenvalue weighted by Crippen LogP contribution is -2.43. The molecule has 3 rings (SSSR count). The number of nitrogens with two attached hydrogens (primary N) is 1. The number of carbonyl (C=O) groups is 1. The number of anilines is 2. The molecule has 2 atom stereocenters. The molecular weight excluding hydrogens is 260 g/mol. The minimum Gasteiger partial charge on any atom is -0.399 e. The Balaban J connectivity index is 1.90. The highest BCUT2D eigenvalue weighted by molar-refractivity contribution is 7.99. The molecule has 102 valence electrons. The lowest BCUT2D eigenvalue weighted by atomic mass is 10.0. The zero-order valence-corrected chi connectivity index (χ0v) is 11.8. The van der Waals surface area contributed by atoms with Crippen LogP contribution in [0.5, 0.6) is 0 Å². The van der Waals surface area contributed by atoms with Gasteiger partial charge in [-0.1, -0.05) is 6.92 Å². The van der Waals surface area contributed by atoms with Crippen molar-refractivity contribution < 1.29 is 9.53 Å². The summed E-state index contributed by atoms with van der Waals surface area (Å²) in [6, 6.07) is 5.77. The van der Waals surface area contributed by atoms with Crippen LogP contribution in [0.15, 0.2) is 23.1 Å². The van der Waals surface area contributed by atoms with Crippen LogP contribution in [0.2, 0.25) is 0 Å². The second-order valence-electron chi connectivity index (χ2n) is 5.12. The van der Waals surface area contributed by atoms with Crippen LogP contribution < -0.4 is 10.6 Å². The number of fused-ring (bicyclic) bond motifs is 1. The van der Waals surface area contributed by atoms with Gasteiger partial charge in [-0.15, -0.1) is 11.8 Å². The van der Waals surface area contributed by atoms with Crippen molar-refractivity contribution in [1.82, 2.24) is 0 Å². The molecule has 0 aliphatic carbocycles. The fourth-order valence-electron chi connectivity index (χ4n) is 2.63. The molecule has 1 amide bonds. The number of ether oxygens (including phenoxy) is 1. The summed E-state index contributed by atoms with van der Waals surface area (Å²) in [6.45, 7) is 3.49. The van der Waals surface area contributed by atoms with Crippen LogP contribution in [0.4, 0.5) is 11.4 Å². The number of hydrogen-bond acceptors (Lipinski definition) is 4. The fourth-order valence-corrected chi connectivity index (χ4v) is 3.60. The van der Waals surface area contributed by atoms with Crippen molar-refractivity contribution >= 4 is 29.0 Å². The Bertz CT molecular complexity index is 506. The predicted molar refractivity (Wildman–Crippen MR) is 77.5 cm³/mol. The van der Waals surface area contributed by atoms with E-state index in [0.29, 0.717) is 18.2 Å². The lowest BCUT2D eigenvalue weighted by Gasteiger charge is -2.31. The van der Waals surface area contributed by atoms with Gasteiger partial charge in [0.15, 0.2) is 0 Å². The molecule has 2 N–H and O–H groups in total. The molecule has 0 saturated carbocycles. The third kappa shape index (κ3) is 2.32. The van der Waals surface area contributed by atoms with Crippen molar-refractivity contribution in [3.8, 4) is 0 Å². The number of amides is 1. The van der Waals surface area contributed by atoms with Crippen molar-refractivity contribution in [2.45, 2.75) is 24.3 Å². The Kier molecular flexibility index (Phi) is 3.41. The van der Waals surface area contributed by atoms with E-state index >= 15 is 0 Å². The van der Waals surface area contributed by atoms with Crippen molar-refractivity contribution in [3.63, 3.8) is 0 Å². The normalized spacial score (nSPS) is 26.3. The largest absolute Gasteiger partial charge is 0.399 e. The average Bonchev–Trinajstić information content (AvgIpc) is 2.83. The zero-order valence-electron chi connectivity index (χ0n) is 11.0. The summed E-state index contributed by atoms with van der Waals surface area (Å²) >= 11 is 1.77. The summed E-state index contributed by atoms with van der Waals surface area (Å²) in [4.78, 5) is 15.6. The second-order valence-corrected chi connectivity index (χ2v) is 6.26. The van der Waals surface area contributed by atoms with Gasteiger partial charge in [0.1, 0.15) is 6.10 Å². The number of nitrogen functional groups attached to an aromatic ring is 1. The van der Waals surface area contributed by atoms with Crippen LogP contribution in [0, 0.1) is 5.92 Å². The molecule has 1 saturated heterocycles. The van der Waals surface area contributed by atoms with Gasteiger partial charge in [0.2, 0.25) is 0 Å². The van der Waals surface area contributed by atoms with E-state index in [9.17, 15) is 4.79 Å². The van der Waals surface area contributed by atoms with Crippen LogP contribution in [-0.2, 0) is 9.53 Å². The Labute approximate surface area is 117 Å². The van der Waals surface area contributed by atoms with Gasteiger partial charge in [-0.25, -0.2) is 0 Å². The van der Waals surface area contributed by atoms with Crippen molar-refractivity contribution in [3.05, 3.63) is 18.2 Å².